The molecular weight excluding hydrogens is 356 g/mol. The average Bonchev–Trinajstić information content (AvgIpc) is 2.47. The van der Waals surface area contributed by atoms with Gasteiger partial charge in [0, 0.05) is 15.6 Å². The molecule has 0 aliphatic carbocycles. The van der Waals surface area contributed by atoms with Gasteiger partial charge in [-0.05, 0) is 31.2 Å². The number of esters is 1. The number of thioether (sulfide) groups is 1. The van der Waals surface area contributed by atoms with Gasteiger partial charge in [-0.25, -0.2) is 9.78 Å². The summed E-state index contributed by atoms with van der Waals surface area (Å²) in [5.74, 6) is 0.374. The third kappa shape index (κ3) is 4.44. The maximum Gasteiger partial charge on any atom is 0.345 e. The Morgan fingerprint density at radius 2 is 2.10 bits per heavy atom. The first-order valence-corrected chi connectivity index (χ1v) is 8.01. The Morgan fingerprint density at radius 1 is 1.38 bits per heavy atom. The number of halogens is 1. The highest BCUT2D eigenvalue weighted by atomic mass is 79.9. The van der Waals surface area contributed by atoms with E-state index in [-0.39, 0.29) is 12.2 Å². The molecule has 110 valence electrons. The molecule has 0 aliphatic rings. The van der Waals surface area contributed by atoms with Crippen molar-refractivity contribution in [3.8, 4) is 0 Å². The number of nitrogens with zero attached hydrogens (tertiary/aromatic N) is 1. The Kier molecular flexibility index (Phi) is 5.58. The molecule has 2 rings (SSSR count). The van der Waals surface area contributed by atoms with Gasteiger partial charge in [0.25, 0.3) is 5.56 Å². The average molecular weight is 369 g/mol. The predicted octanol–water partition coefficient (Wildman–Crippen LogP) is 3.00. The lowest BCUT2D eigenvalue weighted by molar-refractivity contribution is 0.0523. The zero-order chi connectivity index (χ0) is 15.2. The molecule has 0 fully saturated rings. The van der Waals surface area contributed by atoms with Gasteiger partial charge in [-0.3, -0.25) is 4.79 Å². The van der Waals surface area contributed by atoms with E-state index in [0.717, 1.165) is 9.37 Å². The van der Waals surface area contributed by atoms with Crippen LogP contribution in [0.5, 0.6) is 0 Å². The van der Waals surface area contributed by atoms with Crippen LogP contribution < -0.4 is 5.56 Å². The fourth-order valence-electron chi connectivity index (χ4n) is 1.54. The number of carbonyl (C=O) groups is 1. The molecule has 0 radical (unpaired) electrons. The van der Waals surface area contributed by atoms with E-state index in [2.05, 4.69) is 25.9 Å². The summed E-state index contributed by atoms with van der Waals surface area (Å²) in [5.41, 5.74) is -0.552. The van der Waals surface area contributed by atoms with Gasteiger partial charge in [-0.2, -0.15) is 0 Å². The lowest BCUT2D eigenvalue weighted by Crippen LogP contribution is -2.21. The lowest BCUT2D eigenvalue weighted by Gasteiger charge is -2.04. The highest BCUT2D eigenvalue weighted by Gasteiger charge is 2.12. The van der Waals surface area contributed by atoms with Crippen LogP contribution in [0.15, 0.2) is 44.6 Å². The third-order valence-corrected chi connectivity index (χ3v) is 4.09. The minimum atomic E-state index is -0.654. The first-order valence-electron chi connectivity index (χ1n) is 6.24. The number of nitrogens with one attached hydrogen (secondary N) is 1. The molecule has 1 heterocycles. The summed E-state index contributed by atoms with van der Waals surface area (Å²) in [7, 11) is 0. The molecule has 0 amide bonds. The van der Waals surface area contributed by atoms with Crippen molar-refractivity contribution in [2.45, 2.75) is 17.6 Å². The van der Waals surface area contributed by atoms with Crippen LogP contribution in [0.1, 0.15) is 23.1 Å². The van der Waals surface area contributed by atoms with Crippen molar-refractivity contribution >= 4 is 33.7 Å². The molecule has 0 aliphatic heterocycles. The minimum Gasteiger partial charge on any atom is -0.462 e. The molecule has 5 nitrogen and oxygen atoms in total. The molecule has 0 saturated heterocycles. The van der Waals surface area contributed by atoms with E-state index < -0.39 is 11.5 Å². The Bertz CT molecular complexity index is 685. The van der Waals surface area contributed by atoms with Gasteiger partial charge in [-0.15, -0.1) is 11.8 Å². The summed E-state index contributed by atoms with van der Waals surface area (Å²) in [5, 5.41) is 0. The molecular formula is C14H13BrN2O3S. The number of carbonyl (C=O) groups excluding carboxylic acids is 1. The highest BCUT2D eigenvalue weighted by molar-refractivity contribution is 9.10. The van der Waals surface area contributed by atoms with Crippen LogP contribution in [-0.4, -0.2) is 22.5 Å². The number of hydrogen-bond acceptors (Lipinski definition) is 5. The van der Waals surface area contributed by atoms with Crippen molar-refractivity contribution in [3.05, 3.63) is 56.7 Å². The van der Waals surface area contributed by atoms with Crippen molar-refractivity contribution in [1.82, 2.24) is 9.97 Å². The SMILES string of the molecule is CCOC(=O)c1cnc(CSc2ccc(Br)cc2)[nH]c1=O. The molecule has 1 aromatic heterocycles. The number of rotatable bonds is 5. The number of benzene rings is 1. The van der Waals surface area contributed by atoms with Crippen LogP contribution in [-0.2, 0) is 10.5 Å². The second-order valence-corrected chi connectivity index (χ2v) is 6.00. The number of ether oxygens (including phenoxy) is 1. The van der Waals surface area contributed by atoms with Gasteiger partial charge in [0.1, 0.15) is 11.4 Å². The summed E-state index contributed by atoms with van der Waals surface area (Å²) in [6, 6.07) is 7.84. The summed E-state index contributed by atoms with van der Waals surface area (Å²) in [6.45, 7) is 1.90. The van der Waals surface area contributed by atoms with E-state index in [0.29, 0.717) is 11.6 Å². The van der Waals surface area contributed by atoms with Gasteiger partial charge in [0.05, 0.1) is 12.4 Å². The summed E-state index contributed by atoms with van der Waals surface area (Å²) >= 11 is 4.92. The zero-order valence-corrected chi connectivity index (χ0v) is 13.7. The first kappa shape index (κ1) is 15.8. The van der Waals surface area contributed by atoms with Crippen LogP contribution in [0, 0.1) is 0 Å². The molecule has 2 aromatic rings. The van der Waals surface area contributed by atoms with Crippen molar-refractivity contribution in [2.75, 3.05) is 6.61 Å². The fraction of sp³-hybridized carbons (Fsp3) is 0.214. The number of H-pyrrole nitrogens is 1. The Morgan fingerprint density at radius 3 is 2.71 bits per heavy atom. The second-order valence-electron chi connectivity index (χ2n) is 4.04. The summed E-state index contributed by atoms with van der Waals surface area (Å²) in [4.78, 5) is 31.0. The maximum absolute atomic E-state index is 11.8. The molecule has 1 aromatic carbocycles. The monoisotopic (exact) mass is 368 g/mol. The molecule has 7 heteroatoms. The largest absolute Gasteiger partial charge is 0.462 e. The van der Waals surface area contributed by atoms with E-state index in [1.807, 2.05) is 24.3 Å². The normalized spacial score (nSPS) is 10.4. The number of aromatic nitrogens is 2. The molecule has 1 N–H and O–H groups in total. The van der Waals surface area contributed by atoms with E-state index in [4.69, 9.17) is 4.74 Å². The van der Waals surface area contributed by atoms with Gasteiger partial charge < -0.3 is 9.72 Å². The van der Waals surface area contributed by atoms with Crippen molar-refractivity contribution < 1.29 is 9.53 Å². The van der Waals surface area contributed by atoms with Gasteiger partial charge in [-0.1, -0.05) is 15.9 Å². The van der Waals surface area contributed by atoms with E-state index in [9.17, 15) is 9.59 Å². The summed E-state index contributed by atoms with van der Waals surface area (Å²) < 4.78 is 5.79. The minimum absolute atomic E-state index is 0.0748. The standard InChI is InChI=1S/C14H13BrN2O3S/c1-2-20-14(19)11-7-16-12(17-13(11)18)8-21-10-5-3-9(15)4-6-10/h3-7H,2,8H2,1H3,(H,16,17,18). The third-order valence-electron chi connectivity index (χ3n) is 2.54. The zero-order valence-electron chi connectivity index (χ0n) is 11.3. The number of hydrogen-bond donors (Lipinski definition) is 1. The van der Waals surface area contributed by atoms with Gasteiger partial charge >= 0.3 is 5.97 Å². The fourth-order valence-corrected chi connectivity index (χ4v) is 2.58. The molecule has 21 heavy (non-hydrogen) atoms. The van der Waals surface area contributed by atoms with Gasteiger partial charge in [0.15, 0.2) is 0 Å². The van der Waals surface area contributed by atoms with Crippen molar-refractivity contribution in [2.24, 2.45) is 0 Å². The smallest absolute Gasteiger partial charge is 0.345 e. The molecule has 0 spiro atoms. The van der Waals surface area contributed by atoms with E-state index >= 15 is 0 Å². The van der Waals surface area contributed by atoms with Crippen LogP contribution in [0.25, 0.3) is 0 Å². The maximum atomic E-state index is 11.8. The Balaban J connectivity index is 2.05. The van der Waals surface area contributed by atoms with E-state index in [1.165, 1.54) is 6.20 Å². The first-order chi connectivity index (χ1) is 10.1. The van der Waals surface area contributed by atoms with Crippen LogP contribution in [0.3, 0.4) is 0 Å². The van der Waals surface area contributed by atoms with Crippen LogP contribution in [0.4, 0.5) is 0 Å². The van der Waals surface area contributed by atoms with Crippen molar-refractivity contribution in [3.63, 3.8) is 0 Å². The predicted molar refractivity (Wildman–Crippen MR) is 84.5 cm³/mol. The quantitative estimate of drug-likeness (QED) is 0.648. The van der Waals surface area contributed by atoms with Crippen LogP contribution in [0.2, 0.25) is 0 Å². The topological polar surface area (TPSA) is 72.0 Å². The molecule has 0 unspecified atom stereocenters. The lowest BCUT2D eigenvalue weighted by atomic mass is 10.3. The molecule has 0 atom stereocenters. The van der Waals surface area contributed by atoms with E-state index in [1.54, 1.807) is 18.7 Å². The molecule has 0 bridgehead atoms. The van der Waals surface area contributed by atoms with Crippen LogP contribution >= 0.6 is 27.7 Å². The van der Waals surface area contributed by atoms with Gasteiger partial charge in [0.2, 0.25) is 0 Å². The summed E-state index contributed by atoms with van der Waals surface area (Å²) in [6.07, 6.45) is 1.26. The molecule has 0 saturated carbocycles. The second kappa shape index (κ2) is 7.42. The van der Waals surface area contributed by atoms with Crippen molar-refractivity contribution in [1.29, 1.82) is 0 Å². The number of aromatic amines is 1. The Hall–Kier alpha value is -1.60. The highest BCUT2D eigenvalue weighted by Crippen LogP contribution is 2.22. The Labute approximate surface area is 134 Å².